The van der Waals surface area contributed by atoms with Crippen molar-refractivity contribution in [2.75, 3.05) is 18.9 Å². The topological polar surface area (TPSA) is 63.6 Å². The van der Waals surface area contributed by atoms with Crippen molar-refractivity contribution in [3.8, 4) is 0 Å². The molecule has 0 aromatic rings. The lowest BCUT2D eigenvalue weighted by molar-refractivity contribution is -0.139. The summed E-state index contributed by atoms with van der Waals surface area (Å²) in [6.07, 6.45) is 26.7. The third kappa shape index (κ3) is 24.5. The highest BCUT2D eigenvalue weighted by Crippen LogP contribution is 2.42. The summed E-state index contributed by atoms with van der Waals surface area (Å²) in [7, 11) is -2.95. The van der Waals surface area contributed by atoms with Crippen molar-refractivity contribution in [1.82, 2.24) is 0 Å². The molecule has 0 bridgehead atoms. The number of hydrogen-bond acceptors (Lipinski definition) is 3. The van der Waals surface area contributed by atoms with Crippen molar-refractivity contribution in [2.24, 2.45) is 0 Å². The second kappa shape index (κ2) is 24.1. The van der Waals surface area contributed by atoms with Crippen LogP contribution in [0.2, 0.25) is 0 Å². The summed E-state index contributed by atoms with van der Waals surface area (Å²) < 4.78 is 17.4. The fourth-order valence-corrected chi connectivity index (χ4v) is 5.96. The molecule has 0 heterocycles. The number of unbranched alkanes of at least 4 members (excludes halogenated alkanes) is 19. The van der Waals surface area contributed by atoms with Crippen LogP contribution in [0, 0.1) is 0 Å². The van der Waals surface area contributed by atoms with Gasteiger partial charge < -0.3 is 9.63 Å². The van der Waals surface area contributed by atoms with Gasteiger partial charge in [-0.25, -0.2) is 4.79 Å². The maximum atomic E-state index is 12.3. The molecule has 0 aromatic heterocycles. The molecule has 0 spiro atoms. The zero-order valence-electron chi connectivity index (χ0n) is 22.8. The number of carbonyl (C=O) groups is 1. The molecule has 0 aliphatic rings. The quantitative estimate of drug-likeness (QED) is 0.0556. The molecule has 0 saturated carbocycles. The van der Waals surface area contributed by atoms with Gasteiger partial charge in [0.05, 0.1) is 6.61 Å². The molecule has 1 N–H and O–H groups in total. The average molecular weight is 501 g/mol. The summed E-state index contributed by atoms with van der Waals surface area (Å²) in [5, 5.41) is 0. The lowest BCUT2D eigenvalue weighted by atomic mass is 10.0. The summed E-state index contributed by atoms with van der Waals surface area (Å²) in [5.74, 6) is -0.324. The molecule has 0 fully saturated rings. The molecule has 0 aromatic carbocycles. The molecule has 202 valence electrons. The van der Waals surface area contributed by atoms with Gasteiger partial charge in [0.25, 0.3) is 0 Å². The zero-order valence-corrected chi connectivity index (χ0v) is 23.7. The van der Waals surface area contributed by atoms with E-state index in [9.17, 15) is 14.3 Å². The van der Waals surface area contributed by atoms with Crippen LogP contribution in [0.1, 0.15) is 149 Å². The Bertz CT molecular complexity index is 532. The normalized spacial score (nSPS) is 13.0. The first kappa shape index (κ1) is 33.4. The van der Waals surface area contributed by atoms with Crippen LogP contribution in [-0.4, -0.2) is 29.8 Å². The first-order valence-electron chi connectivity index (χ1n) is 14.5. The minimum absolute atomic E-state index is 0.324. The number of esters is 1. The Labute approximate surface area is 212 Å². The van der Waals surface area contributed by atoms with Crippen LogP contribution in [0.3, 0.4) is 0 Å². The predicted octanol–water partition coefficient (Wildman–Crippen LogP) is 9.59. The summed E-state index contributed by atoms with van der Waals surface area (Å²) in [4.78, 5) is 21.4. The van der Waals surface area contributed by atoms with E-state index < -0.39 is 7.37 Å². The highest BCUT2D eigenvalue weighted by molar-refractivity contribution is 7.57. The summed E-state index contributed by atoms with van der Waals surface area (Å²) in [5.41, 5.74) is 0.433. The van der Waals surface area contributed by atoms with Crippen molar-refractivity contribution in [1.29, 1.82) is 0 Å². The molecular weight excluding hydrogens is 443 g/mol. The second-order valence-corrected chi connectivity index (χ2v) is 12.9. The third-order valence-electron chi connectivity index (χ3n) is 6.59. The number of hydrogen-bond donors (Lipinski definition) is 1. The molecular formula is C29H57O4P. The largest absolute Gasteiger partial charge is 0.462 e. The van der Waals surface area contributed by atoms with Crippen LogP contribution < -0.4 is 0 Å². The maximum absolute atomic E-state index is 12.3. The molecule has 0 radical (unpaired) electrons. The van der Waals surface area contributed by atoms with Gasteiger partial charge in [-0.1, -0.05) is 129 Å². The Hall–Kier alpha value is -0.600. The van der Waals surface area contributed by atoms with Gasteiger partial charge in [0.2, 0.25) is 7.37 Å². The van der Waals surface area contributed by atoms with E-state index in [2.05, 4.69) is 13.5 Å². The molecule has 34 heavy (non-hydrogen) atoms. The summed E-state index contributed by atoms with van der Waals surface area (Å²) in [6, 6.07) is 0. The van der Waals surface area contributed by atoms with Crippen molar-refractivity contribution in [2.45, 2.75) is 149 Å². The Morgan fingerprint density at radius 1 is 0.647 bits per heavy atom. The van der Waals surface area contributed by atoms with E-state index in [0.29, 0.717) is 24.5 Å². The van der Waals surface area contributed by atoms with E-state index in [-0.39, 0.29) is 5.97 Å². The van der Waals surface area contributed by atoms with E-state index in [1.165, 1.54) is 89.9 Å². The molecule has 1 unspecified atom stereocenters. The van der Waals surface area contributed by atoms with E-state index in [1.807, 2.05) is 0 Å². The highest BCUT2D eigenvalue weighted by atomic mass is 31.2. The van der Waals surface area contributed by atoms with Gasteiger partial charge in [-0.15, -0.1) is 0 Å². The van der Waals surface area contributed by atoms with Gasteiger partial charge in [0.15, 0.2) is 0 Å². The molecule has 5 heteroatoms. The smallest absolute Gasteiger partial charge is 0.333 e. The first-order chi connectivity index (χ1) is 16.4. The monoisotopic (exact) mass is 500 g/mol. The number of ether oxygens (including phenoxy) is 1. The Morgan fingerprint density at radius 3 is 1.32 bits per heavy atom. The Kier molecular flexibility index (Phi) is 23.7. The Morgan fingerprint density at radius 2 is 0.971 bits per heavy atom. The predicted molar refractivity (Wildman–Crippen MR) is 148 cm³/mol. The van der Waals surface area contributed by atoms with Crippen LogP contribution in [0.4, 0.5) is 0 Å². The molecule has 0 aliphatic heterocycles. The molecule has 0 saturated heterocycles. The van der Waals surface area contributed by atoms with Crippen molar-refractivity contribution in [3.63, 3.8) is 0 Å². The molecule has 0 amide bonds. The van der Waals surface area contributed by atoms with Crippen molar-refractivity contribution in [3.05, 3.63) is 12.2 Å². The van der Waals surface area contributed by atoms with Crippen LogP contribution >= 0.6 is 7.37 Å². The molecule has 0 aliphatic carbocycles. The van der Waals surface area contributed by atoms with Gasteiger partial charge in [-0.05, 0) is 26.2 Å². The number of rotatable bonds is 26. The molecule has 0 rings (SSSR count). The van der Waals surface area contributed by atoms with Crippen molar-refractivity contribution < 1.29 is 19.0 Å². The fraction of sp³-hybridized carbons (Fsp3) is 0.897. The Balaban J connectivity index is 3.35. The SMILES string of the molecule is C=C(C)C(=O)OCCCCCCCP(=O)(O)CCCCCCCCCCCCCCCCCC. The average Bonchev–Trinajstić information content (AvgIpc) is 2.80. The van der Waals surface area contributed by atoms with Crippen LogP contribution in [0.15, 0.2) is 12.2 Å². The van der Waals surface area contributed by atoms with Gasteiger partial charge >= 0.3 is 5.97 Å². The minimum Gasteiger partial charge on any atom is -0.462 e. The highest BCUT2D eigenvalue weighted by Gasteiger charge is 2.16. The van der Waals surface area contributed by atoms with Crippen molar-refractivity contribution >= 4 is 13.3 Å². The van der Waals surface area contributed by atoms with Gasteiger partial charge in [-0.3, -0.25) is 4.57 Å². The van der Waals surface area contributed by atoms with E-state index in [0.717, 1.165) is 44.9 Å². The van der Waals surface area contributed by atoms with Crippen LogP contribution in [0.5, 0.6) is 0 Å². The van der Waals surface area contributed by atoms with Gasteiger partial charge in [0, 0.05) is 17.9 Å². The first-order valence-corrected chi connectivity index (χ1v) is 16.6. The lowest BCUT2D eigenvalue weighted by Gasteiger charge is -2.11. The van der Waals surface area contributed by atoms with Gasteiger partial charge in [0.1, 0.15) is 0 Å². The van der Waals surface area contributed by atoms with Crippen LogP contribution in [0.25, 0.3) is 0 Å². The lowest BCUT2D eigenvalue weighted by Crippen LogP contribution is -2.06. The zero-order chi connectivity index (χ0) is 25.3. The summed E-state index contributed by atoms with van der Waals surface area (Å²) >= 11 is 0. The fourth-order valence-electron chi connectivity index (χ4n) is 4.30. The molecule has 4 nitrogen and oxygen atoms in total. The van der Waals surface area contributed by atoms with Crippen LogP contribution in [-0.2, 0) is 14.1 Å². The minimum atomic E-state index is -2.95. The molecule has 1 atom stereocenters. The maximum Gasteiger partial charge on any atom is 0.333 e. The third-order valence-corrected chi connectivity index (χ3v) is 8.62. The second-order valence-electron chi connectivity index (χ2n) is 10.3. The standard InChI is InChI=1S/C29H57O4P/c1-4-5-6-7-8-9-10-11-12-13-14-15-16-17-20-23-26-34(31,32)27-24-21-18-19-22-25-33-29(30)28(2)3/h2,4-27H2,1,3H3,(H,31,32). The summed E-state index contributed by atoms with van der Waals surface area (Å²) in [6.45, 7) is 7.91. The number of carbonyl (C=O) groups excluding carboxylic acids is 1. The van der Waals surface area contributed by atoms with E-state index in [4.69, 9.17) is 4.74 Å². The van der Waals surface area contributed by atoms with Gasteiger partial charge in [-0.2, -0.15) is 0 Å². The van der Waals surface area contributed by atoms with E-state index >= 15 is 0 Å². The van der Waals surface area contributed by atoms with E-state index in [1.54, 1.807) is 6.92 Å².